The minimum atomic E-state index is -0.500. The summed E-state index contributed by atoms with van der Waals surface area (Å²) in [4.78, 5) is 23.4. The summed E-state index contributed by atoms with van der Waals surface area (Å²) in [6.07, 6.45) is 12.6. The Balaban J connectivity index is 1.33. The topological polar surface area (TPSA) is 45.7 Å². The second kappa shape index (κ2) is 8.27. The molecule has 3 aliphatic heterocycles. The van der Waals surface area contributed by atoms with Crippen molar-refractivity contribution in [3.63, 3.8) is 0 Å². The third-order valence-corrected chi connectivity index (χ3v) is 7.69. The van der Waals surface area contributed by atoms with Crippen LogP contribution in [0.3, 0.4) is 0 Å². The standard InChI is InChI=1S/C26H35N3O2/c1-25(2)19-26(11-13-31-25,24(30)23-10-6-7-12-27-23)29-17-21-15-28(16-22(21)18-29)14-20-8-4-3-5-9-20/h4,6-10,12,21-22H,3,5,11,13-19H2,1-2H3. The number of aromatic nitrogens is 1. The van der Waals surface area contributed by atoms with Gasteiger partial charge in [-0.25, -0.2) is 0 Å². The predicted octanol–water partition coefficient (Wildman–Crippen LogP) is 3.73. The molecule has 0 radical (unpaired) electrons. The van der Waals surface area contributed by atoms with Crippen LogP contribution in [0, 0.1) is 11.8 Å². The molecule has 5 nitrogen and oxygen atoms in total. The van der Waals surface area contributed by atoms with E-state index >= 15 is 0 Å². The van der Waals surface area contributed by atoms with Gasteiger partial charge in [-0.1, -0.05) is 24.3 Å². The van der Waals surface area contributed by atoms with Crippen molar-refractivity contribution in [3.8, 4) is 0 Å². The van der Waals surface area contributed by atoms with Gasteiger partial charge in [-0.3, -0.25) is 19.6 Å². The van der Waals surface area contributed by atoms with E-state index in [1.807, 2.05) is 18.2 Å². The van der Waals surface area contributed by atoms with Crippen molar-refractivity contribution in [2.45, 2.75) is 50.7 Å². The Hall–Kier alpha value is -1.82. The van der Waals surface area contributed by atoms with Crippen LogP contribution in [0.1, 0.15) is 50.0 Å². The summed E-state index contributed by atoms with van der Waals surface area (Å²) < 4.78 is 6.04. The number of Topliss-reactive ketones (excluding diaryl/α,β-unsaturated/α-hetero) is 1. The number of hydrogen-bond donors (Lipinski definition) is 0. The molecule has 0 amide bonds. The molecule has 3 fully saturated rings. The normalized spacial score (nSPS) is 33.3. The minimum absolute atomic E-state index is 0.179. The molecule has 31 heavy (non-hydrogen) atoms. The number of pyridine rings is 1. The van der Waals surface area contributed by atoms with Crippen LogP contribution in [0.5, 0.6) is 0 Å². The van der Waals surface area contributed by atoms with Crippen molar-refractivity contribution >= 4 is 5.78 Å². The Kier molecular flexibility index (Phi) is 5.61. The smallest absolute Gasteiger partial charge is 0.201 e. The molecule has 0 aromatic carbocycles. The molecule has 5 heteroatoms. The van der Waals surface area contributed by atoms with Crippen LogP contribution in [0.2, 0.25) is 0 Å². The van der Waals surface area contributed by atoms with Crippen molar-refractivity contribution in [2.75, 3.05) is 39.3 Å². The molecule has 3 saturated heterocycles. The molecule has 4 heterocycles. The monoisotopic (exact) mass is 421 g/mol. The third-order valence-electron chi connectivity index (χ3n) is 7.69. The van der Waals surface area contributed by atoms with E-state index < -0.39 is 5.54 Å². The van der Waals surface area contributed by atoms with Gasteiger partial charge in [0.15, 0.2) is 0 Å². The SMILES string of the molecule is CC1(C)CC(C(=O)c2ccccn2)(N2CC3CN(CC4=CCCC=C4)CC3C2)CCO1. The Morgan fingerprint density at radius 3 is 2.61 bits per heavy atom. The van der Waals surface area contributed by atoms with Gasteiger partial charge in [0.25, 0.3) is 0 Å². The van der Waals surface area contributed by atoms with E-state index in [0.29, 0.717) is 24.1 Å². The number of fused-ring (bicyclic) bond motifs is 1. The first-order valence-corrected chi connectivity index (χ1v) is 11.9. The number of likely N-dealkylation sites (tertiary alicyclic amines) is 2. The quantitative estimate of drug-likeness (QED) is 0.678. The molecule has 0 spiro atoms. The number of nitrogens with zero attached hydrogens (tertiary/aromatic N) is 3. The fraction of sp³-hybridized carbons (Fsp3) is 0.615. The summed E-state index contributed by atoms with van der Waals surface area (Å²) in [5.74, 6) is 1.47. The average molecular weight is 422 g/mol. The highest BCUT2D eigenvalue weighted by Crippen LogP contribution is 2.44. The molecule has 3 atom stereocenters. The zero-order chi connectivity index (χ0) is 21.5. The van der Waals surface area contributed by atoms with Gasteiger partial charge in [0.05, 0.1) is 11.1 Å². The zero-order valence-corrected chi connectivity index (χ0v) is 18.9. The zero-order valence-electron chi connectivity index (χ0n) is 18.9. The summed E-state index contributed by atoms with van der Waals surface area (Å²) in [7, 11) is 0. The van der Waals surface area contributed by atoms with Crippen molar-refractivity contribution < 1.29 is 9.53 Å². The van der Waals surface area contributed by atoms with E-state index in [4.69, 9.17) is 4.74 Å². The lowest BCUT2D eigenvalue weighted by Gasteiger charge is -2.49. The summed E-state index contributed by atoms with van der Waals surface area (Å²) >= 11 is 0. The van der Waals surface area contributed by atoms with E-state index in [0.717, 1.165) is 45.6 Å². The highest BCUT2D eigenvalue weighted by molar-refractivity contribution is 6.02. The highest BCUT2D eigenvalue weighted by Gasteiger charge is 2.55. The second-order valence-electron chi connectivity index (χ2n) is 10.5. The van der Waals surface area contributed by atoms with Gasteiger partial charge in [-0.05, 0) is 62.7 Å². The summed E-state index contributed by atoms with van der Waals surface area (Å²) in [6.45, 7) is 10.2. The first-order valence-electron chi connectivity index (χ1n) is 11.9. The van der Waals surface area contributed by atoms with Gasteiger partial charge in [-0.15, -0.1) is 0 Å². The van der Waals surface area contributed by atoms with Gasteiger partial charge in [0, 0.05) is 51.9 Å². The van der Waals surface area contributed by atoms with E-state index in [-0.39, 0.29) is 11.4 Å². The predicted molar refractivity (Wildman–Crippen MR) is 122 cm³/mol. The number of allylic oxidation sites excluding steroid dienone is 2. The molecule has 1 aliphatic carbocycles. The molecule has 3 unspecified atom stereocenters. The fourth-order valence-corrected chi connectivity index (χ4v) is 6.29. The minimum Gasteiger partial charge on any atom is -0.375 e. The van der Waals surface area contributed by atoms with Gasteiger partial charge in [-0.2, -0.15) is 0 Å². The lowest BCUT2D eigenvalue weighted by molar-refractivity contribution is -0.105. The Morgan fingerprint density at radius 1 is 1.16 bits per heavy atom. The molecule has 4 aliphatic rings. The van der Waals surface area contributed by atoms with Gasteiger partial charge in [0.1, 0.15) is 5.69 Å². The van der Waals surface area contributed by atoms with Crippen molar-refractivity contribution in [1.29, 1.82) is 0 Å². The lowest BCUT2D eigenvalue weighted by Crippen LogP contribution is -2.61. The molecular weight excluding hydrogens is 386 g/mol. The lowest BCUT2D eigenvalue weighted by atomic mass is 9.76. The van der Waals surface area contributed by atoms with E-state index in [1.54, 1.807) is 6.20 Å². The maximum absolute atomic E-state index is 13.9. The first kappa shape index (κ1) is 21.0. The molecular formula is C26H35N3O2. The largest absolute Gasteiger partial charge is 0.375 e. The van der Waals surface area contributed by atoms with Gasteiger partial charge < -0.3 is 4.74 Å². The van der Waals surface area contributed by atoms with E-state index in [1.165, 1.54) is 18.4 Å². The fourth-order valence-electron chi connectivity index (χ4n) is 6.29. The number of ether oxygens (including phenoxy) is 1. The third kappa shape index (κ3) is 4.15. The van der Waals surface area contributed by atoms with Crippen LogP contribution in [0.4, 0.5) is 0 Å². The van der Waals surface area contributed by atoms with Crippen LogP contribution in [0.15, 0.2) is 48.2 Å². The number of rotatable bonds is 5. The molecule has 5 rings (SSSR count). The first-order chi connectivity index (χ1) is 15.0. The highest BCUT2D eigenvalue weighted by atomic mass is 16.5. The molecule has 166 valence electrons. The number of hydrogen-bond acceptors (Lipinski definition) is 5. The van der Waals surface area contributed by atoms with Gasteiger partial charge in [0.2, 0.25) is 5.78 Å². The Bertz CT molecular complexity index is 864. The summed E-state index contributed by atoms with van der Waals surface area (Å²) in [5.41, 5.74) is 1.26. The second-order valence-corrected chi connectivity index (χ2v) is 10.5. The van der Waals surface area contributed by atoms with Crippen LogP contribution in [-0.2, 0) is 4.74 Å². The van der Waals surface area contributed by atoms with Crippen LogP contribution >= 0.6 is 0 Å². The van der Waals surface area contributed by atoms with Crippen molar-refractivity contribution in [1.82, 2.24) is 14.8 Å². The van der Waals surface area contributed by atoms with E-state index in [9.17, 15) is 4.79 Å². The number of carbonyl (C=O) groups is 1. The molecule has 0 saturated carbocycles. The van der Waals surface area contributed by atoms with Crippen LogP contribution < -0.4 is 0 Å². The number of ketones is 1. The number of carbonyl (C=O) groups excluding carboxylic acids is 1. The average Bonchev–Trinajstić information content (AvgIpc) is 3.33. The van der Waals surface area contributed by atoms with Crippen molar-refractivity contribution in [2.24, 2.45) is 11.8 Å². The van der Waals surface area contributed by atoms with E-state index in [2.05, 4.69) is 46.9 Å². The van der Waals surface area contributed by atoms with Crippen LogP contribution in [0.25, 0.3) is 0 Å². The molecule has 0 N–H and O–H groups in total. The Morgan fingerprint density at radius 2 is 1.97 bits per heavy atom. The van der Waals surface area contributed by atoms with Gasteiger partial charge >= 0.3 is 0 Å². The molecule has 0 bridgehead atoms. The van der Waals surface area contributed by atoms with Crippen molar-refractivity contribution in [3.05, 3.63) is 53.9 Å². The summed E-state index contributed by atoms with van der Waals surface area (Å²) in [6, 6.07) is 5.67. The maximum atomic E-state index is 13.9. The molecule has 1 aromatic heterocycles. The maximum Gasteiger partial charge on any atom is 0.201 e. The molecule has 1 aromatic rings. The van der Waals surface area contributed by atoms with Crippen LogP contribution in [-0.4, -0.2) is 71.0 Å². The Labute approximate surface area is 186 Å². The summed E-state index contributed by atoms with van der Waals surface area (Å²) in [5, 5.41) is 0.